The average molecular weight is 770 g/mol. The Morgan fingerprint density at radius 3 is 1.69 bits per heavy atom. The molecule has 0 aliphatic carbocycles. The van der Waals surface area contributed by atoms with E-state index in [-0.39, 0.29) is 0 Å². The van der Waals surface area contributed by atoms with E-state index in [4.69, 9.17) is 4.42 Å². The Hall–Kier alpha value is -7.46. The summed E-state index contributed by atoms with van der Waals surface area (Å²) in [6.45, 7) is 0. The first-order valence-electron chi connectivity index (χ1n) is 20.1. The topological polar surface area (TPSA) is 16.4 Å². The van der Waals surface area contributed by atoms with Crippen molar-refractivity contribution in [3.05, 3.63) is 212 Å². The van der Waals surface area contributed by atoms with Crippen LogP contribution in [0.15, 0.2) is 217 Å². The fourth-order valence-corrected chi connectivity index (χ4v) is 10.1. The number of rotatable bonds is 6. The minimum absolute atomic E-state index is 0.865. The summed E-state index contributed by atoms with van der Waals surface area (Å²) in [6.07, 6.45) is 0. The summed E-state index contributed by atoms with van der Waals surface area (Å²) in [5.41, 5.74) is 11.9. The quantitative estimate of drug-likeness (QED) is 0.157. The number of anilines is 3. The van der Waals surface area contributed by atoms with Crippen LogP contribution in [0.5, 0.6) is 0 Å². The molecule has 0 amide bonds. The zero-order valence-corrected chi connectivity index (χ0v) is 32.8. The van der Waals surface area contributed by atoms with E-state index in [0.29, 0.717) is 0 Å². The molecule has 0 atom stereocenters. The molecule has 3 heteroatoms. The second kappa shape index (κ2) is 13.6. The van der Waals surface area contributed by atoms with Gasteiger partial charge in [0.1, 0.15) is 11.2 Å². The van der Waals surface area contributed by atoms with Crippen molar-refractivity contribution in [1.82, 2.24) is 0 Å². The van der Waals surface area contributed by atoms with Gasteiger partial charge in [-0.15, -0.1) is 11.3 Å². The van der Waals surface area contributed by atoms with Crippen LogP contribution in [-0.4, -0.2) is 0 Å². The number of hydrogen-bond donors (Lipinski definition) is 0. The Labute approximate surface area is 345 Å². The van der Waals surface area contributed by atoms with Gasteiger partial charge >= 0.3 is 0 Å². The molecule has 2 heterocycles. The highest BCUT2D eigenvalue weighted by Gasteiger charge is 2.24. The molecule has 2 nitrogen and oxygen atoms in total. The molecule has 59 heavy (non-hydrogen) atoms. The predicted molar refractivity (Wildman–Crippen MR) is 253 cm³/mol. The normalized spacial score (nSPS) is 11.7. The highest BCUT2D eigenvalue weighted by molar-refractivity contribution is 7.25. The predicted octanol–water partition coefficient (Wildman–Crippen LogP) is 16.7. The maximum Gasteiger partial charge on any atom is 0.145 e. The molecular formula is C56H35NOS. The third-order valence-electron chi connectivity index (χ3n) is 11.8. The van der Waals surface area contributed by atoms with Crippen molar-refractivity contribution in [3.8, 4) is 33.4 Å². The first-order valence-corrected chi connectivity index (χ1v) is 20.9. The third kappa shape index (κ3) is 5.62. The molecular weight excluding hydrogens is 735 g/mol. The molecule has 12 aromatic rings. The van der Waals surface area contributed by atoms with Crippen molar-refractivity contribution in [2.75, 3.05) is 4.90 Å². The van der Waals surface area contributed by atoms with Gasteiger partial charge in [0.15, 0.2) is 0 Å². The zero-order valence-electron chi connectivity index (χ0n) is 32.0. The molecule has 10 aromatic carbocycles. The summed E-state index contributed by atoms with van der Waals surface area (Å²) < 4.78 is 9.58. The van der Waals surface area contributed by atoms with Gasteiger partial charge in [-0.3, -0.25) is 0 Å². The Kier molecular flexibility index (Phi) is 7.75. The molecule has 276 valence electrons. The number of furan rings is 1. The van der Waals surface area contributed by atoms with Crippen molar-refractivity contribution < 1.29 is 4.42 Å². The third-order valence-corrected chi connectivity index (χ3v) is 13.0. The van der Waals surface area contributed by atoms with Crippen molar-refractivity contribution in [1.29, 1.82) is 0 Å². The lowest BCUT2D eigenvalue weighted by Crippen LogP contribution is -2.10. The van der Waals surface area contributed by atoms with Crippen LogP contribution in [0.25, 0.3) is 97.0 Å². The van der Waals surface area contributed by atoms with E-state index >= 15 is 0 Å². The minimum atomic E-state index is 0.865. The van der Waals surface area contributed by atoms with E-state index in [1.54, 1.807) is 0 Å². The number of nitrogens with zero attached hydrogens (tertiary/aromatic N) is 1. The second-order valence-electron chi connectivity index (χ2n) is 15.3. The summed E-state index contributed by atoms with van der Waals surface area (Å²) in [5.74, 6) is 0. The molecule has 0 aliphatic rings. The largest absolute Gasteiger partial charge is 0.455 e. The van der Waals surface area contributed by atoms with Crippen molar-refractivity contribution in [2.45, 2.75) is 0 Å². The van der Waals surface area contributed by atoms with Crippen molar-refractivity contribution in [2.24, 2.45) is 0 Å². The van der Waals surface area contributed by atoms with Gasteiger partial charge in [0.05, 0.1) is 11.1 Å². The molecule has 0 radical (unpaired) electrons. The van der Waals surface area contributed by atoms with Gasteiger partial charge in [0, 0.05) is 42.5 Å². The van der Waals surface area contributed by atoms with Gasteiger partial charge in [-0.25, -0.2) is 0 Å². The molecule has 2 aromatic heterocycles. The lowest BCUT2D eigenvalue weighted by molar-refractivity contribution is 0.670. The Balaban J connectivity index is 1.13. The van der Waals surface area contributed by atoms with Crippen LogP contribution in [0, 0.1) is 0 Å². The van der Waals surface area contributed by atoms with E-state index in [1.165, 1.54) is 52.8 Å². The van der Waals surface area contributed by atoms with Crippen LogP contribution in [-0.2, 0) is 0 Å². The molecule has 0 saturated carbocycles. The fourth-order valence-electron chi connectivity index (χ4n) is 8.97. The first kappa shape index (κ1) is 33.7. The van der Waals surface area contributed by atoms with Gasteiger partial charge in [-0.1, -0.05) is 152 Å². The van der Waals surface area contributed by atoms with E-state index in [1.807, 2.05) is 11.3 Å². The lowest BCUT2D eigenvalue weighted by atomic mass is 9.98. The van der Waals surface area contributed by atoms with Crippen LogP contribution >= 0.6 is 11.3 Å². The van der Waals surface area contributed by atoms with Crippen LogP contribution in [0.1, 0.15) is 0 Å². The number of thiophene rings is 1. The van der Waals surface area contributed by atoms with Crippen molar-refractivity contribution >= 4 is 92.1 Å². The molecule has 12 rings (SSSR count). The monoisotopic (exact) mass is 769 g/mol. The van der Waals surface area contributed by atoms with Gasteiger partial charge in [0.2, 0.25) is 0 Å². The Morgan fingerprint density at radius 2 is 0.949 bits per heavy atom. The van der Waals surface area contributed by atoms with Crippen molar-refractivity contribution in [3.63, 3.8) is 0 Å². The Morgan fingerprint density at radius 1 is 0.356 bits per heavy atom. The second-order valence-corrected chi connectivity index (χ2v) is 16.4. The SMILES string of the molecule is c1ccc(-c2ccc3c(c2)oc2c(-c4ccccc4)ccc(N(c4ccc5ccc6ccccc6c5c4)c4ccc5sc6cc(-c7ccccc7)ccc6c5c4)c23)cc1. The van der Waals surface area contributed by atoms with Crippen LogP contribution < -0.4 is 4.90 Å². The summed E-state index contributed by atoms with van der Waals surface area (Å²) in [4.78, 5) is 2.44. The molecule has 0 aliphatic heterocycles. The maximum atomic E-state index is 7.03. The fraction of sp³-hybridized carbons (Fsp3) is 0. The van der Waals surface area contributed by atoms with Crippen LogP contribution in [0.2, 0.25) is 0 Å². The van der Waals surface area contributed by atoms with Crippen LogP contribution in [0.4, 0.5) is 17.1 Å². The molecule has 0 spiro atoms. The summed E-state index contributed by atoms with van der Waals surface area (Å²) in [5, 5.41) is 9.60. The Bertz CT molecular complexity index is 3550. The zero-order chi connectivity index (χ0) is 38.9. The smallest absolute Gasteiger partial charge is 0.145 e. The van der Waals surface area contributed by atoms with E-state index in [0.717, 1.165) is 61.3 Å². The highest BCUT2D eigenvalue weighted by Crippen LogP contribution is 2.48. The molecule has 0 saturated heterocycles. The molecule has 0 bridgehead atoms. The standard InChI is InChI=1S/C56H35NOS/c1-4-12-36(13-5-1)41-24-28-48-52(32-41)58-56-46(38-16-8-3-9-17-38)29-30-51(55(48)56)57(43-25-22-40-21-20-39-18-10-11-19-45(39)49(40)34-43)44-26-31-53-50(35-44)47-27-23-42(33-54(47)59-53)37-14-6-2-7-15-37/h1-35H. The molecule has 0 N–H and O–H groups in total. The number of benzene rings is 10. The maximum absolute atomic E-state index is 7.03. The molecule has 0 fully saturated rings. The van der Waals surface area contributed by atoms with Gasteiger partial charge in [-0.05, 0) is 110 Å². The highest BCUT2D eigenvalue weighted by atomic mass is 32.1. The van der Waals surface area contributed by atoms with E-state index < -0.39 is 0 Å². The minimum Gasteiger partial charge on any atom is -0.455 e. The van der Waals surface area contributed by atoms with E-state index in [9.17, 15) is 0 Å². The molecule has 0 unspecified atom stereocenters. The average Bonchev–Trinajstić information content (AvgIpc) is 3.88. The summed E-state index contributed by atoms with van der Waals surface area (Å²) in [7, 11) is 0. The summed E-state index contributed by atoms with van der Waals surface area (Å²) >= 11 is 1.86. The van der Waals surface area contributed by atoms with Gasteiger partial charge in [-0.2, -0.15) is 0 Å². The first-order chi connectivity index (χ1) is 29.2. The van der Waals surface area contributed by atoms with E-state index in [2.05, 4.69) is 217 Å². The number of hydrogen-bond acceptors (Lipinski definition) is 3. The number of fused-ring (bicyclic) bond motifs is 9. The lowest BCUT2D eigenvalue weighted by Gasteiger charge is -2.27. The van der Waals surface area contributed by atoms with Gasteiger partial charge < -0.3 is 9.32 Å². The summed E-state index contributed by atoms with van der Waals surface area (Å²) in [6, 6.07) is 76.9. The van der Waals surface area contributed by atoms with Crippen LogP contribution in [0.3, 0.4) is 0 Å². The van der Waals surface area contributed by atoms with Gasteiger partial charge in [0.25, 0.3) is 0 Å².